The van der Waals surface area contributed by atoms with E-state index < -0.39 is 0 Å². The number of H-pyrrole nitrogens is 1. The molecule has 0 bridgehead atoms. The predicted octanol–water partition coefficient (Wildman–Crippen LogP) is 0.718. The number of aromatic amines is 1. The molecule has 0 aliphatic heterocycles. The van der Waals surface area contributed by atoms with Crippen LogP contribution in [0, 0.1) is 6.92 Å². The zero-order chi connectivity index (χ0) is 6.85. The van der Waals surface area contributed by atoms with E-state index in [2.05, 4.69) is 4.98 Å². The van der Waals surface area contributed by atoms with Gasteiger partial charge in [-0.2, -0.15) is 0 Å². The number of carbonyl (C=O) groups excluding carboxylic acids is 1. The highest BCUT2D eigenvalue weighted by molar-refractivity contribution is 5.84. The summed E-state index contributed by atoms with van der Waals surface area (Å²) in [7, 11) is 0. The summed E-state index contributed by atoms with van der Waals surface area (Å²) in [5.74, 6) is 0.447. The van der Waals surface area contributed by atoms with E-state index in [4.69, 9.17) is 5.73 Å². The molecule has 48 valence electrons. The molecule has 3 nitrogen and oxygen atoms in total. The molecule has 3 heteroatoms. The lowest BCUT2D eigenvalue weighted by Crippen LogP contribution is -1.89. The number of rotatable bonds is 1. The van der Waals surface area contributed by atoms with Gasteiger partial charge in [-0.05, 0) is 12.5 Å². The fourth-order valence-electron chi connectivity index (χ4n) is 0.710. The van der Waals surface area contributed by atoms with Crippen LogP contribution in [0.25, 0.3) is 0 Å². The van der Waals surface area contributed by atoms with Gasteiger partial charge in [0, 0.05) is 6.20 Å². The number of carbonyl (C=O) groups is 1. The van der Waals surface area contributed by atoms with Crippen LogP contribution in [0.5, 0.6) is 0 Å². The van der Waals surface area contributed by atoms with Crippen LogP contribution in [0.2, 0.25) is 0 Å². The largest absolute Gasteiger partial charge is 0.385 e. The molecular formula is C6H8N2O. The van der Waals surface area contributed by atoms with Crippen molar-refractivity contribution in [3.63, 3.8) is 0 Å². The Morgan fingerprint density at radius 2 is 2.44 bits per heavy atom. The molecule has 9 heavy (non-hydrogen) atoms. The SMILES string of the molecule is Cc1c[nH]c(N)c1C=O. The lowest BCUT2D eigenvalue weighted by molar-refractivity contribution is 0.112. The first-order chi connectivity index (χ1) is 4.25. The quantitative estimate of drug-likeness (QED) is 0.542. The van der Waals surface area contributed by atoms with Crippen molar-refractivity contribution in [3.05, 3.63) is 17.3 Å². The number of aryl methyl sites for hydroxylation is 1. The molecule has 0 unspecified atom stereocenters. The van der Waals surface area contributed by atoms with Crippen molar-refractivity contribution in [2.24, 2.45) is 0 Å². The third kappa shape index (κ3) is 0.806. The number of nitrogen functional groups attached to an aromatic ring is 1. The average molecular weight is 124 g/mol. The second-order valence-corrected chi connectivity index (χ2v) is 1.92. The summed E-state index contributed by atoms with van der Waals surface area (Å²) in [5, 5.41) is 0. The Bertz CT molecular complexity index is 207. The predicted molar refractivity (Wildman–Crippen MR) is 35.3 cm³/mol. The number of hydrogen-bond acceptors (Lipinski definition) is 2. The molecule has 0 aromatic carbocycles. The Hall–Kier alpha value is -1.25. The number of hydrogen-bond donors (Lipinski definition) is 2. The van der Waals surface area contributed by atoms with Crippen LogP contribution in [0.3, 0.4) is 0 Å². The minimum atomic E-state index is 0.447. The van der Waals surface area contributed by atoms with Gasteiger partial charge in [0.1, 0.15) is 5.82 Å². The van der Waals surface area contributed by atoms with E-state index in [9.17, 15) is 4.79 Å². The minimum Gasteiger partial charge on any atom is -0.385 e. The summed E-state index contributed by atoms with van der Waals surface area (Å²) in [4.78, 5) is 12.9. The molecule has 0 fully saturated rings. The molecule has 1 rings (SSSR count). The molecule has 0 amide bonds. The molecule has 0 aliphatic carbocycles. The number of aromatic nitrogens is 1. The van der Waals surface area contributed by atoms with Gasteiger partial charge in [0.05, 0.1) is 5.56 Å². The van der Waals surface area contributed by atoms with Gasteiger partial charge in [0.15, 0.2) is 6.29 Å². The van der Waals surface area contributed by atoms with E-state index in [-0.39, 0.29) is 0 Å². The monoisotopic (exact) mass is 124 g/mol. The third-order valence-corrected chi connectivity index (χ3v) is 1.28. The minimum absolute atomic E-state index is 0.447. The van der Waals surface area contributed by atoms with E-state index in [1.807, 2.05) is 6.92 Å². The molecule has 0 spiro atoms. The van der Waals surface area contributed by atoms with E-state index in [0.717, 1.165) is 11.8 Å². The van der Waals surface area contributed by atoms with Gasteiger partial charge in [-0.3, -0.25) is 4.79 Å². The van der Waals surface area contributed by atoms with Gasteiger partial charge in [-0.1, -0.05) is 0 Å². The van der Waals surface area contributed by atoms with E-state index in [1.54, 1.807) is 6.20 Å². The Morgan fingerprint density at radius 3 is 2.67 bits per heavy atom. The van der Waals surface area contributed by atoms with Crippen molar-refractivity contribution >= 4 is 12.1 Å². The summed E-state index contributed by atoms with van der Waals surface area (Å²) in [6, 6.07) is 0. The highest BCUT2D eigenvalue weighted by Gasteiger charge is 2.00. The number of anilines is 1. The fourth-order valence-corrected chi connectivity index (χ4v) is 0.710. The zero-order valence-corrected chi connectivity index (χ0v) is 5.14. The van der Waals surface area contributed by atoms with Crippen molar-refractivity contribution in [1.82, 2.24) is 4.98 Å². The maximum Gasteiger partial charge on any atom is 0.154 e. The Labute approximate surface area is 52.9 Å². The first kappa shape index (κ1) is 5.88. The second kappa shape index (κ2) is 1.93. The molecule has 0 saturated carbocycles. The van der Waals surface area contributed by atoms with E-state index in [1.165, 1.54) is 0 Å². The van der Waals surface area contributed by atoms with Crippen LogP contribution >= 0.6 is 0 Å². The summed E-state index contributed by atoms with van der Waals surface area (Å²) in [6.07, 6.45) is 2.46. The van der Waals surface area contributed by atoms with E-state index >= 15 is 0 Å². The van der Waals surface area contributed by atoms with Crippen LogP contribution in [-0.4, -0.2) is 11.3 Å². The van der Waals surface area contributed by atoms with Gasteiger partial charge in [-0.25, -0.2) is 0 Å². The maximum absolute atomic E-state index is 10.2. The fraction of sp³-hybridized carbons (Fsp3) is 0.167. The first-order valence-electron chi connectivity index (χ1n) is 2.64. The third-order valence-electron chi connectivity index (χ3n) is 1.28. The maximum atomic E-state index is 10.2. The van der Waals surface area contributed by atoms with Crippen molar-refractivity contribution < 1.29 is 4.79 Å². The highest BCUT2D eigenvalue weighted by Crippen LogP contribution is 2.10. The van der Waals surface area contributed by atoms with Crippen LogP contribution in [0.1, 0.15) is 15.9 Å². The number of aldehydes is 1. The standard InChI is InChI=1S/C6H8N2O/c1-4-2-8-6(7)5(4)3-9/h2-3,8H,7H2,1H3. The lowest BCUT2D eigenvalue weighted by Gasteiger charge is -1.85. The van der Waals surface area contributed by atoms with Crippen molar-refractivity contribution in [2.75, 3.05) is 5.73 Å². The normalized spacial score (nSPS) is 9.44. The summed E-state index contributed by atoms with van der Waals surface area (Å²) < 4.78 is 0. The summed E-state index contributed by atoms with van der Waals surface area (Å²) in [6.45, 7) is 1.83. The van der Waals surface area contributed by atoms with Gasteiger partial charge < -0.3 is 10.7 Å². The molecular weight excluding hydrogens is 116 g/mol. The topological polar surface area (TPSA) is 58.9 Å². The Morgan fingerprint density at radius 1 is 1.78 bits per heavy atom. The molecule has 1 aromatic heterocycles. The Balaban J connectivity index is 3.22. The summed E-state index contributed by atoms with van der Waals surface area (Å²) in [5.41, 5.74) is 6.82. The van der Waals surface area contributed by atoms with Gasteiger partial charge in [-0.15, -0.1) is 0 Å². The van der Waals surface area contributed by atoms with Crippen LogP contribution in [0.4, 0.5) is 5.82 Å². The first-order valence-corrected chi connectivity index (χ1v) is 2.64. The van der Waals surface area contributed by atoms with E-state index in [0.29, 0.717) is 11.4 Å². The number of nitrogens with two attached hydrogens (primary N) is 1. The van der Waals surface area contributed by atoms with Gasteiger partial charge in [0.25, 0.3) is 0 Å². The smallest absolute Gasteiger partial charge is 0.154 e. The molecule has 0 aliphatic rings. The van der Waals surface area contributed by atoms with Crippen LogP contribution in [0.15, 0.2) is 6.20 Å². The highest BCUT2D eigenvalue weighted by atomic mass is 16.1. The van der Waals surface area contributed by atoms with Gasteiger partial charge in [0.2, 0.25) is 0 Å². The summed E-state index contributed by atoms with van der Waals surface area (Å²) >= 11 is 0. The van der Waals surface area contributed by atoms with Crippen LogP contribution < -0.4 is 5.73 Å². The second-order valence-electron chi connectivity index (χ2n) is 1.92. The van der Waals surface area contributed by atoms with Gasteiger partial charge >= 0.3 is 0 Å². The van der Waals surface area contributed by atoms with Crippen molar-refractivity contribution in [2.45, 2.75) is 6.92 Å². The lowest BCUT2D eigenvalue weighted by atomic mass is 10.2. The molecule has 0 atom stereocenters. The van der Waals surface area contributed by atoms with Crippen molar-refractivity contribution in [1.29, 1.82) is 0 Å². The zero-order valence-electron chi connectivity index (χ0n) is 5.14. The number of nitrogens with one attached hydrogen (secondary N) is 1. The Kier molecular flexibility index (Phi) is 1.26. The molecule has 1 heterocycles. The van der Waals surface area contributed by atoms with Crippen LogP contribution in [-0.2, 0) is 0 Å². The molecule has 1 aromatic rings. The molecule has 0 radical (unpaired) electrons. The average Bonchev–Trinajstić information content (AvgIpc) is 2.12. The molecule has 0 saturated heterocycles. The molecule has 3 N–H and O–H groups in total. The van der Waals surface area contributed by atoms with Crippen molar-refractivity contribution in [3.8, 4) is 0 Å².